The molecule has 0 unspecified atom stereocenters. The van der Waals surface area contributed by atoms with E-state index in [0.717, 1.165) is 16.5 Å². The fourth-order valence-corrected chi connectivity index (χ4v) is 5.43. The predicted molar refractivity (Wildman–Crippen MR) is 102 cm³/mol. The number of hydrogen-bond donors (Lipinski definition) is 0. The van der Waals surface area contributed by atoms with Crippen LogP contribution in [0.5, 0.6) is 5.75 Å². The second-order valence-electron chi connectivity index (χ2n) is 6.39. The summed E-state index contributed by atoms with van der Waals surface area (Å²) in [6.07, 6.45) is 0.684. The van der Waals surface area contributed by atoms with Crippen LogP contribution in [0.2, 0.25) is 5.02 Å². The maximum Gasteiger partial charge on any atom is 0.243 e. The Bertz CT molecular complexity index is 1110. The number of sulfonamides is 1. The number of hydrogen-bond acceptors (Lipinski definition) is 3. The van der Waals surface area contributed by atoms with Crippen LogP contribution in [-0.2, 0) is 30.0 Å². The molecule has 0 aliphatic carbocycles. The van der Waals surface area contributed by atoms with Crippen LogP contribution < -0.4 is 4.74 Å². The molecule has 2 heterocycles. The van der Waals surface area contributed by atoms with Crippen molar-refractivity contribution in [2.45, 2.75) is 17.9 Å². The zero-order chi connectivity index (χ0) is 18.5. The van der Waals surface area contributed by atoms with Crippen molar-refractivity contribution in [3.63, 3.8) is 0 Å². The number of ether oxygens (including phenoxy) is 1. The number of aromatic nitrogens is 1. The summed E-state index contributed by atoms with van der Waals surface area (Å²) in [6, 6.07) is 12.7. The van der Waals surface area contributed by atoms with E-state index in [9.17, 15) is 8.42 Å². The second kappa shape index (κ2) is 6.30. The molecule has 7 heteroatoms. The summed E-state index contributed by atoms with van der Waals surface area (Å²) in [5.74, 6) is 0.459. The van der Waals surface area contributed by atoms with Crippen molar-refractivity contribution in [3.05, 3.63) is 58.7 Å². The molecule has 0 amide bonds. The van der Waals surface area contributed by atoms with Crippen LogP contribution in [0.1, 0.15) is 11.3 Å². The van der Waals surface area contributed by atoms with Gasteiger partial charge in [-0.2, -0.15) is 4.31 Å². The van der Waals surface area contributed by atoms with Gasteiger partial charge in [-0.1, -0.05) is 29.8 Å². The van der Waals surface area contributed by atoms with Crippen molar-refractivity contribution < 1.29 is 13.2 Å². The third-order valence-electron chi connectivity index (χ3n) is 5.04. The Kier molecular flexibility index (Phi) is 4.22. The van der Waals surface area contributed by atoms with Gasteiger partial charge in [0.05, 0.1) is 17.0 Å². The van der Waals surface area contributed by atoms with Gasteiger partial charge in [0.1, 0.15) is 5.75 Å². The number of aryl methyl sites for hydroxylation is 1. The summed E-state index contributed by atoms with van der Waals surface area (Å²) in [5, 5.41) is 1.40. The minimum atomic E-state index is -3.63. The van der Waals surface area contributed by atoms with Gasteiger partial charge >= 0.3 is 0 Å². The van der Waals surface area contributed by atoms with E-state index in [4.69, 9.17) is 16.3 Å². The van der Waals surface area contributed by atoms with Crippen LogP contribution in [0.15, 0.2) is 47.4 Å². The Morgan fingerprint density at radius 3 is 2.65 bits per heavy atom. The fourth-order valence-electron chi connectivity index (χ4n) is 3.67. The van der Waals surface area contributed by atoms with Crippen molar-refractivity contribution in [1.82, 2.24) is 8.87 Å². The molecule has 0 spiro atoms. The summed E-state index contributed by atoms with van der Waals surface area (Å²) in [6.45, 7) is 0.811. The Labute approximate surface area is 157 Å². The second-order valence-corrected chi connectivity index (χ2v) is 8.73. The first kappa shape index (κ1) is 17.4. The smallest absolute Gasteiger partial charge is 0.243 e. The van der Waals surface area contributed by atoms with Gasteiger partial charge in [0.25, 0.3) is 0 Å². The zero-order valence-electron chi connectivity index (χ0n) is 14.6. The van der Waals surface area contributed by atoms with Gasteiger partial charge in [-0.05, 0) is 29.8 Å². The average Bonchev–Trinajstić information content (AvgIpc) is 2.94. The van der Waals surface area contributed by atoms with Gasteiger partial charge in [0, 0.05) is 43.2 Å². The first-order valence-corrected chi connectivity index (χ1v) is 10.1. The molecule has 0 bridgehead atoms. The van der Waals surface area contributed by atoms with Gasteiger partial charge in [-0.25, -0.2) is 8.42 Å². The van der Waals surface area contributed by atoms with Crippen molar-refractivity contribution in [2.75, 3.05) is 13.7 Å². The Morgan fingerprint density at radius 2 is 1.92 bits per heavy atom. The molecular formula is C19H19ClN2O3S. The van der Waals surface area contributed by atoms with Crippen molar-refractivity contribution in [3.8, 4) is 5.75 Å². The molecule has 136 valence electrons. The Hall–Kier alpha value is -2.02. The maximum absolute atomic E-state index is 13.1. The van der Waals surface area contributed by atoms with E-state index < -0.39 is 10.0 Å². The van der Waals surface area contributed by atoms with Gasteiger partial charge in [0.2, 0.25) is 10.0 Å². The molecule has 3 aromatic rings. The molecule has 2 aromatic carbocycles. The summed E-state index contributed by atoms with van der Waals surface area (Å²) in [4.78, 5) is 0.187. The maximum atomic E-state index is 13.1. The number of para-hydroxylation sites is 1. The Balaban J connectivity index is 1.74. The van der Waals surface area contributed by atoms with E-state index in [-0.39, 0.29) is 9.92 Å². The minimum Gasteiger partial charge on any atom is -0.495 e. The fraction of sp³-hybridized carbons (Fsp3) is 0.263. The minimum absolute atomic E-state index is 0.187. The first-order valence-electron chi connectivity index (χ1n) is 8.32. The highest BCUT2D eigenvalue weighted by molar-refractivity contribution is 7.89. The molecule has 0 radical (unpaired) electrons. The highest BCUT2D eigenvalue weighted by Gasteiger charge is 2.31. The lowest BCUT2D eigenvalue weighted by molar-refractivity contribution is 0.387. The molecule has 0 saturated heterocycles. The lowest BCUT2D eigenvalue weighted by Gasteiger charge is -2.27. The van der Waals surface area contributed by atoms with E-state index >= 15 is 0 Å². The molecule has 4 rings (SSSR count). The van der Waals surface area contributed by atoms with Crippen LogP contribution in [-0.4, -0.2) is 30.9 Å². The van der Waals surface area contributed by atoms with Crippen LogP contribution in [0.25, 0.3) is 10.9 Å². The summed E-state index contributed by atoms with van der Waals surface area (Å²) in [5.41, 5.74) is 3.41. The number of rotatable bonds is 3. The predicted octanol–water partition coefficient (Wildman–Crippen LogP) is 3.59. The van der Waals surface area contributed by atoms with E-state index in [1.54, 1.807) is 12.1 Å². The number of fused-ring (bicyclic) bond motifs is 3. The standard InChI is InChI=1S/C19H19ClN2O3S/c1-21-17-6-4-3-5-14(17)15-12-22(10-9-18(15)21)26(23,24)13-7-8-19(25-2)16(20)11-13/h3-8,11H,9-10,12H2,1-2H3. The van der Waals surface area contributed by atoms with Crippen LogP contribution >= 0.6 is 11.6 Å². The zero-order valence-corrected chi connectivity index (χ0v) is 16.1. The van der Waals surface area contributed by atoms with Gasteiger partial charge in [-0.3, -0.25) is 0 Å². The highest BCUT2D eigenvalue weighted by atomic mass is 35.5. The van der Waals surface area contributed by atoms with E-state index in [2.05, 4.69) is 16.7 Å². The molecule has 1 aromatic heterocycles. The molecule has 0 saturated carbocycles. The monoisotopic (exact) mass is 390 g/mol. The average molecular weight is 391 g/mol. The molecule has 26 heavy (non-hydrogen) atoms. The number of benzene rings is 2. The number of nitrogens with zero attached hydrogens (tertiary/aromatic N) is 2. The van der Waals surface area contributed by atoms with Crippen molar-refractivity contribution in [2.24, 2.45) is 7.05 Å². The van der Waals surface area contributed by atoms with Gasteiger partial charge < -0.3 is 9.30 Å². The highest BCUT2D eigenvalue weighted by Crippen LogP contribution is 2.34. The SMILES string of the molecule is COc1ccc(S(=O)(=O)N2CCc3c(c4ccccc4n3C)C2)cc1Cl. The molecular weight excluding hydrogens is 372 g/mol. The van der Waals surface area contributed by atoms with E-state index in [1.165, 1.54) is 23.2 Å². The summed E-state index contributed by atoms with van der Waals surface area (Å²) in [7, 11) is -0.0892. The van der Waals surface area contributed by atoms with Crippen LogP contribution in [0, 0.1) is 0 Å². The normalized spacial score (nSPS) is 15.2. The topological polar surface area (TPSA) is 51.5 Å². The third kappa shape index (κ3) is 2.60. The third-order valence-corrected chi connectivity index (χ3v) is 7.17. The number of halogens is 1. The lowest BCUT2D eigenvalue weighted by atomic mass is 10.1. The number of methoxy groups -OCH3 is 1. The van der Waals surface area contributed by atoms with Crippen molar-refractivity contribution in [1.29, 1.82) is 0 Å². The van der Waals surface area contributed by atoms with Crippen molar-refractivity contribution >= 4 is 32.5 Å². The molecule has 0 fully saturated rings. The molecule has 0 atom stereocenters. The lowest BCUT2D eigenvalue weighted by Crippen LogP contribution is -2.36. The van der Waals surface area contributed by atoms with Gasteiger partial charge in [0.15, 0.2) is 0 Å². The molecule has 0 N–H and O–H groups in total. The molecule has 5 nitrogen and oxygen atoms in total. The molecule has 1 aliphatic heterocycles. The molecule has 1 aliphatic rings. The largest absolute Gasteiger partial charge is 0.495 e. The van der Waals surface area contributed by atoms with E-state index in [1.807, 2.05) is 19.2 Å². The quantitative estimate of drug-likeness (QED) is 0.686. The summed E-state index contributed by atoms with van der Waals surface area (Å²) < 4.78 is 35.0. The first-order chi connectivity index (χ1) is 12.4. The Morgan fingerprint density at radius 1 is 1.15 bits per heavy atom. The van der Waals surface area contributed by atoms with Crippen LogP contribution in [0.3, 0.4) is 0 Å². The van der Waals surface area contributed by atoms with E-state index in [0.29, 0.717) is 25.3 Å². The summed E-state index contributed by atoms with van der Waals surface area (Å²) >= 11 is 6.13. The van der Waals surface area contributed by atoms with Crippen LogP contribution in [0.4, 0.5) is 0 Å². The van der Waals surface area contributed by atoms with Gasteiger partial charge in [-0.15, -0.1) is 0 Å².